The molecular weight excluding hydrogens is 490 g/mol. The van der Waals surface area contributed by atoms with Gasteiger partial charge in [0, 0.05) is 55.7 Å². The Morgan fingerprint density at radius 2 is 1.57 bits per heavy atom. The van der Waals surface area contributed by atoms with Gasteiger partial charge in [-0.1, -0.05) is 35.9 Å². The molecule has 0 radical (unpaired) electrons. The summed E-state index contributed by atoms with van der Waals surface area (Å²) in [6, 6.07) is 13.6. The van der Waals surface area contributed by atoms with Gasteiger partial charge in [0.25, 0.3) is 15.9 Å². The van der Waals surface area contributed by atoms with Crippen molar-refractivity contribution in [3.63, 3.8) is 0 Å². The molecule has 0 spiro atoms. The number of halogens is 1. The number of benzene rings is 2. The van der Waals surface area contributed by atoms with Crippen molar-refractivity contribution in [2.75, 3.05) is 44.2 Å². The average molecular weight is 514 g/mol. The predicted molar refractivity (Wildman–Crippen MR) is 132 cm³/mol. The number of fused-ring (bicyclic) bond motifs is 1. The fourth-order valence-corrected chi connectivity index (χ4v) is 6.10. The number of piperazine rings is 1. The first-order chi connectivity index (χ1) is 16.8. The third kappa shape index (κ3) is 4.74. The van der Waals surface area contributed by atoms with Crippen LogP contribution in [0.4, 0.5) is 5.95 Å². The van der Waals surface area contributed by atoms with Crippen molar-refractivity contribution in [2.24, 2.45) is 0 Å². The first-order valence-corrected chi connectivity index (χ1v) is 13.0. The first kappa shape index (κ1) is 23.7. The second-order valence-electron chi connectivity index (χ2n) is 8.56. The van der Waals surface area contributed by atoms with Crippen LogP contribution in [0, 0.1) is 0 Å². The number of hydrogen-bond donors (Lipinski definition) is 1. The number of nitrogens with zero attached hydrogens (tertiary/aromatic N) is 5. The van der Waals surface area contributed by atoms with Crippen LogP contribution in [-0.2, 0) is 10.0 Å². The third-order valence-corrected chi connectivity index (χ3v) is 8.29. The van der Waals surface area contributed by atoms with Crippen molar-refractivity contribution in [3.8, 4) is 11.1 Å². The molecule has 0 bridgehead atoms. The quantitative estimate of drug-likeness (QED) is 0.534. The molecule has 1 N–H and O–H groups in total. The molecular formula is C24H24ClN5O4S. The Labute approximate surface area is 208 Å². The van der Waals surface area contributed by atoms with Gasteiger partial charge in [0.05, 0.1) is 18.2 Å². The van der Waals surface area contributed by atoms with Crippen LogP contribution in [0.5, 0.6) is 0 Å². The molecule has 2 aromatic carbocycles. The van der Waals surface area contributed by atoms with E-state index in [1.54, 1.807) is 24.5 Å². The van der Waals surface area contributed by atoms with Crippen LogP contribution in [0.1, 0.15) is 10.4 Å². The van der Waals surface area contributed by atoms with Gasteiger partial charge in [-0.05, 0) is 29.8 Å². The average Bonchev–Trinajstić information content (AvgIpc) is 3.06. The molecule has 35 heavy (non-hydrogen) atoms. The smallest absolute Gasteiger partial charge is 0.269 e. The van der Waals surface area contributed by atoms with Gasteiger partial charge in [-0.2, -0.15) is 0 Å². The number of rotatable bonds is 6. The third-order valence-electron chi connectivity index (χ3n) is 6.23. The van der Waals surface area contributed by atoms with Crippen molar-refractivity contribution in [3.05, 3.63) is 71.5 Å². The van der Waals surface area contributed by atoms with Crippen LogP contribution >= 0.6 is 11.6 Å². The van der Waals surface area contributed by atoms with Gasteiger partial charge in [0.2, 0.25) is 5.95 Å². The Kier molecular flexibility index (Phi) is 6.45. The molecule has 1 saturated heterocycles. The van der Waals surface area contributed by atoms with Crippen molar-refractivity contribution in [2.45, 2.75) is 11.0 Å². The summed E-state index contributed by atoms with van der Waals surface area (Å²) in [6.07, 6.45) is 2.57. The summed E-state index contributed by atoms with van der Waals surface area (Å²) in [4.78, 5) is 25.7. The molecule has 1 fully saturated rings. The van der Waals surface area contributed by atoms with Gasteiger partial charge < -0.3 is 10.0 Å². The summed E-state index contributed by atoms with van der Waals surface area (Å²) in [6.45, 7) is 2.63. The number of carbonyl (C=O) groups excluding carboxylic acids is 1. The van der Waals surface area contributed by atoms with E-state index in [0.29, 0.717) is 37.1 Å². The number of aromatic nitrogens is 2. The monoisotopic (exact) mass is 513 g/mol. The van der Waals surface area contributed by atoms with Crippen LogP contribution in [0.3, 0.4) is 0 Å². The lowest BCUT2D eigenvalue weighted by Crippen LogP contribution is -2.50. The number of aliphatic hydroxyl groups is 1. The molecule has 9 nitrogen and oxygen atoms in total. The van der Waals surface area contributed by atoms with Crippen LogP contribution in [0.2, 0.25) is 5.02 Å². The highest BCUT2D eigenvalue weighted by Gasteiger charge is 2.41. The van der Waals surface area contributed by atoms with Gasteiger partial charge in [-0.15, -0.1) is 0 Å². The molecule has 1 amide bonds. The predicted octanol–water partition coefficient (Wildman–Crippen LogP) is 2.12. The lowest BCUT2D eigenvalue weighted by atomic mass is 10.1. The van der Waals surface area contributed by atoms with E-state index >= 15 is 0 Å². The number of hydrogen-bond acceptors (Lipinski definition) is 8. The summed E-state index contributed by atoms with van der Waals surface area (Å²) in [5.74, 6) is 0.0399. The summed E-state index contributed by atoms with van der Waals surface area (Å²) >= 11 is 5.95. The number of β-amino-alcohol motifs (C(OH)–C–C–N with tert-alkyl or cyclic N) is 1. The molecule has 1 unspecified atom stereocenters. The number of sulfonamides is 1. The van der Waals surface area contributed by atoms with Gasteiger partial charge >= 0.3 is 0 Å². The largest absolute Gasteiger partial charge is 0.390 e. The topological polar surface area (TPSA) is 107 Å². The SMILES string of the molecule is O=C1c2ccccc2S(=O)(=O)N1CC(O)CN1CCN(c2ncc(-c3ccc(Cl)cc3)cn2)CC1. The fourth-order valence-electron chi connectivity index (χ4n) is 4.37. The van der Waals surface area contributed by atoms with Crippen molar-refractivity contribution in [1.82, 2.24) is 19.2 Å². The maximum absolute atomic E-state index is 12.7. The van der Waals surface area contributed by atoms with Gasteiger partial charge in [0.15, 0.2) is 0 Å². The Balaban J connectivity index is 1.15. The lowest BCUT2D eigenvalue weighted by molar-refractivity contribution is 0.0700. The molecule has 0 saturated carbocycles. The summed E-state index contributed by atoms with van der Waals surface area (Å²) in [5, 5.41) is 11.3. The molecule has 11 heteroatoms. The number of amides is 1. The zero-order valence-corrected chi connectivity index (χ0v) is 20.4. The Morgan fingerprint density at radius 1 is 0.914 bits per heavy atom. The summed E-state index contributed by atoms with van der Waals surface area (Å²) in [5.41, 5.74) is 2.04. The van der Waals surface area contributed by atoms with E-state index in [1.165, 1.54) is 12.1 Å². The summed E-state index contributed by atoms with van der Waals surface area (Å²) < 4.78 is 26.2. The highest BCUT2D eigenvalue weighted by molar-refractivity contribution is 7.90. The van der Waals surface area contributed by atoms with Gasteiger partial charge in [-0.25, -0.2) is 22.7 Å². The molecule has 182 valence electrons. The highest BCUT2D eigenvalue weighted by Crippen LogP contribution is 2.30. The Morgan fingerprint density at radius 3 is 2.23 bits per heavy atom. The molecule has 1 aromatic heterocycles. The first-order valence-electron chi connectivity index (χ1n) is 11.2. The van der Waals surface area contributed by atoms with E-state index in [1.807, 2.05) is 29.2 Å². The van der Waals surface area contributed by atoms with Crippen molar-refractivity contribution >= 4 is 33.5 Å². The van der Waals surface area contributed by atoms with E-state index < -0.39 is 22.0 Å². The van der Waals surface area contributed by atoms with E-state index in [4.69, 9.17) is 11.6 Å². The van der Waals surface area contributed by atoms with Crippen molar-refractivity contribution < 1.29 is 18.3 Å². The van der Waals surface area contributed by atoms with E-state index in [0.717, 1.165) is 15.4 Å². The Bertz CT molecular complexity index is 1330. The standard InChI is InChI=1S/C24H24ClN5O4S/c25-19-7-5-17(6-8-19)18-13-26-24(27-14-18)29-11-9-28(10-12-29)15-20(31)16-30-23(32)21-3-1-2-4-22(21)35(30,33)34/h1-8,13-14,20,31H,9-12,15-16H2. The zero-order valence-electron chi connectivity index (χ0n) is 18.8. The fraction of sp³-hybridized carbons (Fsp3) is 0.292. The minimum absolute atomic E-state index is 0.00658. The zero-order chi connectivity index (χ0) is 24.6. The Hall–Kier alpha value is -3.05. The molecule has 2 aliphatic heterocycles. The minimum atomic E-state index is -3.93. The van der Waals surface area contributed by atoms with E-state index in [-0.39, 0.29) is 23.5 Å². The van der Waals surface area contributed by atoms with Gasteiger partial charge in [-0.3, -0.25) is 9.69 Å². The van der Waals surface area contributed by atoms with E-state index in [2.05, 4.69) is 14.9 Å². The molecule has 3 aromatic rings. The normalized spacial score (nSPS) is 18.5. The van der Waals surface area contributed by atoms with Crippen LogP contribution in [0.15, 0.2) is 65.8 Å². The molecule has 3 heterocycles. The van der Waals surface area contributed by atoms with Gasteiger partial charge in [0.1, 0.15) is 4.90 Å². The van der Waals surface area contributed by atoms with Crippen LogP contribution < -0.4 is 4.90 Å². The van der Waals surface area contributed by atoms with Crippen LogP contribution in [-0.4, -0.2) is 84.0 Å². The van der Waals surface area contributed by atoms with Crippen LogP contribution in [0.25, 0.3) is 11.1 Å². The molecule has 0 aliphatic carbocycles. The minimum Gasteiger partial charge on any atom is -0.390 e. The maximum Gasteiger partial charge on any atom is 0.269 e. The van der Waals surface area contributed by atoms with E-state index in [9.17, 15) is 18.3 Å². The molecule has 5 rings (SSSR count). The highest BCUT2D eigenvalue weighted by atomic mass is 35.5. The number of carbonyl (C=O) groups is 1. The number of aliphatic hydroxyl groups excluding tert-OH is 1. The second kappa shape index (κ2) is 9.54. The second-order valence-corrected chi connectivity index (χ2v) is 10.8. The summed E-state index contributed by atoms with van der Waals surface area (Å²) in [7, 11) is -3.93. The number of anilines is 1. The van der Waals surface area contributed by atoms with Crippen molar-refractivity contribution in [1.29, 1.82) is 0 Å². The lowest BCUT2D eigenvalue weighted by Gasteiger charge is -2.36. The molecule has 1 atom stereocenters. The maximum atomic E-state index is 12.7. The molecule has 2 aliphatic rings.